The smallest absolute Gasteiger partial charge is 0.214 e. The Morgan fingerprint density at radius 3 is 1.93 bits per heavy atom. The number of ether oxygens (including phenoxy) is 1. The van der Waals surface area contributed by atoms with Gasteiger partial charge in [0.1, 0.15) is 0 Å². The summed E-state index contributed by atoms with van der Waals surface area (Å²) >= 11 is 3.28. The van der Waals surface area contributed by atoms with Crippen molar-refractivity contribution in [2.24, 2.45) is 0 Å². The molecule has 0 saturated heterocycles. The predicted octanol–water partition coefficient (Wildman–Crippen LogP) is 3.41. The van der Waals surface area contributed by atoms with Gasteiger partial charge in [-0.2, -0.15) is 0 Å². The van der Waals surface area contributed by atoms with E-state index in [2.05, 4.69) is 25.6 Å². The summed E-state index contributed by atoms with van der Waals surface area (Å²) in [6.07, 6.45) is 4.15. The molecular formula is C11H19BrN2O. The van der Waals surface area contributed by atoms with Crippen molar-refractivity contribution in [2.75, 3.05) is 32.1 Å². The fourth-order valence-corrected chi connectivity index (χ4v) is 1.12. The van der Waals surface area contributed by atoms with Crippen molar-refractivity contribution in [2.45, 2.75) is 25.7 Å². The minimum absolute atomic E-state index is 0.642. The molecule has 86 valence electrons. The molecule has 0 aliphatic heterocycles. The highest BCUT2D eigenvalue weighted by Gasteiger charge is 1.86. The van der Waals surface area contributed by atoms with E-state index >= 15 is 0 Å². The average molecular weight is 275 g/mol. The van der Waals surface area contributed by atoms with E-state index in [0.29, 0.717) is 13.1 Å². The normalized spacial score (nSPS) is 8.27. The lowest BCUT2D eigenvalue weighted by molar-refractivity contribution is 0.194. The molecule has 0 rings (SSSR count). The molecule has 4 heteroatoms. The highest BCUT2D eigenvalue weighted by molar-refractivity contribution is 9.09. The SMILES string of the molecule is [C-]#[N+]CCCCBr.[C-]#[N+]CCCCOC. The first-order chi connectivity index (χ1) is 7.33. The van der Waals surface area contributed by atoms with Crippen LogP contribution in [0, 0.1) is 13.1 Å². The zero-order valence-electron chi connectivity index (χ0n) is 9.34. The number of rotatable bonds is 7. The van der Waals surface area contributed by atoms with Gasteiger partial charge in [0.25, 0.3) is 0 Å². The van der Waals surface area contributed by atoms with Crippen molar-refractivity contribution in [1.29, 1.82) is 0 Å². The quantitative estimate of drug-likeness (QED) is 0.395. The second kappa shape index (κ2) is 19.1. The highest BCUT2D eigenvalue weighted by atomic mass is 79.9. The first-order valence-corrected chi connectivity index (χ1v) is 6.17. The molecule has 0 radical (unpaired) electrons. The summed E-state index contributed by atoms with van der Waals surface area (Å²) in [7, 11) is 1.68. The summed E-state index contributed by atoms with van der Waals surface area (Å²) in [5.41, 5.74) is 0. The van der Waals surface area contributed by atoms with Crippen molar-refractivity contribution in [3.8, 4) is 0 Å². The lowest BCUT2D eigenvalue weighted by Crippen LogP contribution is -1.88. The molecule has 0 amide bonds. The molecule has 0 aromatic carbocycles. The molecule has 0 fully saturated rings. The maximum Gasteiger partial charge on any atom is 0.214 e. The van der Waals surface area contributed by atoms with Crippen LogP contribution in [0.3, 0.4) is 0 Å². The van der Waals surface area contributed by atoms with Crippen LogP contribution in [0.5, 0.6) is 0 Å². The van der Waals surface area contributed by atoms with Gasteiger partial charge < -0.3 is 14.4 Å². The molecule has 0 saturated carbocycles. The van der Waals surface area contributed by atoms with Gasteiger partial charge in [-0.15, -0.1) is 0 Å². The Kier molecular flexibility index (Phi) is 21.4. The molecule has 0 spiro atoms. The summed E-state index contributed by atoms with van der Waals surface area (Å²) in [5, 5.41) is 1.03. The van der Waals surface area contributed by atoms with Crippen molar-refractivity contribution in [1.82, 2.24) is 0 Å². The number of methoxy groups -OCH3 is 1. The number of halogens is 1. The van der Waals surface area contributed by atoms with Crippen LogP contribution in [-0.4, -0.2) is 32.1 Å². The predicted molar refractivity (Wildman–Crippen MR) is 67.1 cm³/mol. The van der Waals surface area contributed by atoms with E-state index < -0.39 is 0 Å². The molecule has 0 unspecified atom stereocenters. The van der Waals surface area contributed by atoms with Gasteiger partial charge in [-0.1, -0.05) is 15.9 Å². The topological polar surface area (TPSA) is 18.0 Å². The third-order valence-electron chi connectivity index (χ3n) is 1.52. The van der Waals surface area contributed by atoms with Gasteiger partial charge in [0.2, 0.25) is 13.1 Å². The van der Waals surface area contributed by atoms with Crippen LogP contribution < -0.4 is 0 Å². The highest BCUT2D eigenvalue weighted by Crippen LogP contribution is 1.92. The third kappa shape index (κ3) is 24.7. The summed E-state index contributed by atoms with van der Waals surface area (Å²) in [6, 6.07) is 0. The Hall–Kier alpha value is -0.580. The van der Waals surface area contributed by atoms with E-state index in [1.54, 1.807) is 7.11 Å². The molecule has 0 aliphatic rings. The molecule has 0 aromatic rings. The van der Waals surface area contributed by atoms with Gasteiger partial charge in [0, 0.05) is 31.9 Å². The number of hydrogen-bond acceptors (Lipinski definition) is 1. The number of unbranched alkanes of at least 4 members (excludes halogenated alkanes) is 2. The molecule has 15 heavy (non-hydrogen) atoms. The monoisotopic (exact) mass is 274 g/mol. The van der Waals surface area contributed by atoms with Gasteiger partial charge >= 0.3 is 0 Å². The number of alkyl halides is 1. The Bertz CT molecular complexity index is 184. The fraction of sp³-hybridized carbons (Fsp3) is 0.818. The summed E-state index contributed by atoms with van der Waals surface area (Å²) in [4.78, 5) is 6.40. The van der Waals surface area contributed by atoms with E-state index in [9.17, 15) is 0 Å². The van der Waals surface area contributed by atoms with Crippen LogP contribution in [0.15, 0.2) is 0 Å². The van der Waals surface area contributed by atoms with Gasteiger partial charge in [-0.25, -0.2) is 13.1 Å². The fourth-order valence-electron chi connectivity index (χ4n) is 0.723. The standard InChI is InChI=1S/C6H11NO.C5H8BrN/c1-7-5-3-4-6-8-2;1-7-5-3-2-4-6/h3-6H2,2H3;2-5H2. The van der Waals surface area contributed by atoms with Crippen molar-refractivity contribution in [3.63, 3.8) is 0 Å². The maximum absolute atomic E-state index is 6.42. The molecule has 0 N–H and O–H groups in total. The van der Waals surface area contributed by atoms with Gasteiger partial charge in [0.15, 0.2) is 0 Å². The molecular weight excluding hydrogens is 256 g/mol. The minimum Gasteiger partial charge on any atom is -0.385 e. The first kappa shape index (κ1) is 16.8. The largest absolute Gasteiger partial charge is 0.385 e. The van der Waals surface area contributed by atoms with E-state index in [4.69, 9.17) is 17.9 Å². The molecule has 0 aromatic heterocycles. The summed E-state index contributed by atoms with van der Waals surface area (Å²) < 4.78 is 4.79. The number of hydrogen-bond donors (Lipinski definition) is 0. The van der Waals surface area contributed by atoms with Crippen molar-refractivity contribution in [3.05, 3.63) is 22.8 Å². The zero-order valence-corrected chi connectivity index (χ0v) is 10.9. The molecule has 0 atom stereocenters. The zero-order chi connectivity index (χ0) is 11.8. The van der Waals surface area contributed by atoms with Gasteiger partial charge in [0.05, 0.1) is 0 Å². The Morgan fingerprint density at radius 1 is 1.00 bits per heavy atom. The first-order valence-electron chi connectivity index (χ1n) is 5.04. The second-order valence-electron chi connectivity index (χ2n) is 2.86. The Labute approximate surface area is 102 Å². The maximum atomic E-state index is 6.42. The molecule has 0 bridgehead atoms. The lowest BCUT2D eigenvalue weighted by atomic mass is 10.3. The van der Waals surface area contributed by atoms with E-state index in [1.807, 2.05) is 0 Å². The molecule has 0 heterocycles. The van der Waals surface area contributed by atoms with Gasteiger partial charge in [-0.3, -0.25) is 0 Å². The molecule has 0 aliphatic carbocycles. The number of nitrogens with zero attached hydrogens (tertiary/aromatic N) is 2. The third-order valence-corrected chi connectivity index (χ3v) is 2.08. The van der Waals surface area contributed by atoms with Crippen LogP contribution in [0.4, 0.5) is 0 Å². The second-order valence-corrected chi connectivity index (χ2v) is 3.65. The minimum atomic E-state index is 0.642. The Morgan fingerprint density at radius 2 is 1.53 bits per heavy atom. The van der Waals surface area contributed by atoms with Gasteiger partial charge in [-0.05, 0) is 12.8 Å². The van der Waals surface area contributed by atoms with Crippen molar-refractivity contribution < 1.29 is 4.74 Å². The summed E-state index contributed by atoms with van der Waals surface area (Å²) in [5.74, 6) is 0. The van der Waals surface area contributed by atoms with Crippen LogP contribution in [-0.2, 0) is 4.74 Å². The van der Waals surface area contributed by atoms with E-state index in [1.165, 1.54) is 0 Å². The lowest BCUT2D eigenvalue weighted by Gasteiger charge is -1.90. The Balaban J connectivity index is 0. The molecule has 3 nitrogen and oxygen atoms in total. The van der Waals surface area contributed by atoms with Crippen molar-refractivity contribution >= 4 is 15.9 Å². The van der Waals surface area contributed by atoms with Crippen LogP contribution in [0.25, 0.3) is 9.69 Å². The van der Waals surface area contributed by atoms with Crippen LogP contribution in [0.1, 0.15) is 25.7 Å². The van der Waals surface area contributed by atoms with E-state index in [-0.39, 0.29) is 0 Å². The van der Waals surface area contributed by atoms with Crippen LogP contribution in [0.2, 0.25) is 0 Å². The van der Waals surface area contributed by atoms with E-state index in [0.717, 1.165) is 37.6 Å². The average Bonchev–Trinajstić information content (AvgIpc) is 2.26. The summed E-state index contributed by atoms with van der Waals surface area (Å²) in [6.45, 7) is 14.9. The van der Waals surface area contributed by atoms with Crippen LogP contribution >= 0.6 is 15.9 Å².